The molecule has 4 aromatic rings. The number of hydrogen-bond donors (Lipinski definition) is 1. The first-order valence-electron chi connectivity index (χ1n) is 11.7. The molecule has 2 aromatic heterocycles. The first-order chi connectivity index (χ1) is 18.3. The zero-order valence-electron chi connectivity index (χ0n) is 20.3. The number of aromatic carboxylic acids is 1. The number of allylic oxidation sites excluding steroid dienone is 1. The van der Waals surface area contributed by atoms with Gasteiger partial charge in [-0.1, -0.05) is 53.3 Å². The number of esters is 1. The number of carboxylic acid groups (broad SMARTS) is 1. The zero-order chi connectivity index (χ0) is 27.0. The fourth-order valence-electron chi connectivity index (χ4n) is 4.34. The predicted octanol–water partition coefficient (Wildman–Crippen LogP) is 4.41. The molecule has 0 saturated carbocycles. The van der Waals surface area contributed by atoms with E-state index in [-0.39, 0.29) is 23.3 Å². The highest BCUT2D eigenvalue weighted by Gasteiger charge is 2.33. The Balaban J connectivity index is 1.64. The van der Waals surface area contributed by atoms with E-state index >= 15 is 0 Å². The summed E-state index contributed by atoms with van der Waals surface area (Å²) < 4.78 is 13.0. The van der Waals surface area contributed by atoms with Crippen LogP contribution in [-0.4, -0.2) is 28.2 Å². The second-order valence-corrected chi connectivity index (χ2v) is 9.85. The Bertz CT molecular complexity index is 1780. The number of carboxylic acids is 1. The number of hydrogen-bond acceptors (Lipinski definition) is 7. The van der Waals surface area contributed by atoms with E-state index in [0.29, 0.717) is 42.7 Å². The molecule has 0 spiro atoms. The summed E-state index contributed by atoms with van der Waals surface area (Å²) in [6, 6.07) is 16.0. The van der Waals surface area contributed by atoms with Crippen molar-refractivity contribution in [2.75, 3.05) is 6.61 Å². The predicted molar refractivity (Wildman–Crippen MR) is 143 cm³/mol. The minimum atomic E-state index is -1.07. The van der Waals surface area contributed by atoms with Crippen LogP contribution in [0, 0.1) is 0 Å². The number of benzene rings is 2. The number of thiazole rings is 1. The first-order valence-corrected chi connectivity index (χ1v) is 12.9. The zero-order valence-corrected chi connectivity index (χ0v) is 21.9. The summed E-state index contributed by atoms with van der Waals surface area (Å²) >= 11 is 7.25. The second kappa shape index (κ2) is 10.3. The van der Waals surface area contributed by atoms with Gasteiger partial charge in [0.15, 0.2) is 4.80 Å². The third-order valence-electron chi connectivity index (χ3n) is 6.03. The van der Waals surface area contributed by atoms with Crippen LogP contribution in [0.15, 0.2) is 86.1 Å². The molecular formula is C28H21ClN2O6S. The molecule has 1 atom stereocenters. The average molecular weight is 549 g/mol. The van der Waals surface area contributed by atoms with E-state index in [1.807, 2.05) is 0 Å². The fourth-order valence-corrected chi connectivity index (χ4v) is 5.49. The van der Waals surface area contributed by atoms with Gasteiger partial charge in [-0.25, -0.2) is 14.6 Å². The van der Waals surface area contributed by atoms with Crippen LogP contribution in [0.25, 0.3) is 17.4 Å². The summed E-state index contributed by atoms with van der Waals surface area (Å²) in [6.45, 7) is 3.61. The third-order valence-corrected chi connectivity index (χ3v) is 7.26. The van der Waals surface area contributed by atoms with E-state index in [4.69, 9.17) is 20.8 Å². The highest BCUT2D eigenvalue weighted by atomic mass is 35.5. The SMILES string of the molecule is CCOC(=O)C1=C(C)N=c2s/c(=C\c3ccc(-c4ccccc4C(=O)O)o3)c(=O)n2[C@@H]1c1ccc(Cl)cc1. The van der Waals surface area contributed by atoms with Crippen molar-refractivity contribution in [1.82, 2.24) is 4.57 Å². The lowest BCUT2D eigenvalue weighted by Gasteiger charge is -2.24. The van der Waals surface area contributed by atoms with Crippen LogP contribution in [-0.2, 0) is 9.53 Å². The summed E-state index contributed by atoms with van der Waals surface area (Å²) in [7, 11) is 0. The Morgan fingerprint density at radius 1 is 1.16 bits per heavy atom. The molecule has 192 valence electrons. The van der Waals surface area contributed by atoms with Crippen LogP contribution in [0.1, 0.15) is 41.6 Å². The molecule has 1 N–H and O–H groups in total. The molecule has 3 heterocycles. The normalized spacial score (nSPS) is 15.2. The maximum absolute atomic E-state index is 13.7. The van der Waals surface area contributed by atoms with Gasteiger partial charge in [0.05, 0.1) is 34.0 Å². The lowest BCUT2D eigenvalue weighted by Crippen LogP contribution is -2.39. The summed E-state index contributed by atoms with van der Waals surface area (Å²) in [6.07, 6.45) is 1.58. The molecule has 0 fully saturated rings. The van der Waals surface area contributed by atoms with E-state index in [1.54, 1.807) is 74.5 Å². The van der Waals surface area contributed by atoms with Gasteiger partial charge < -0.3 is 14.3 Å². The number of halogens is 1. The minimum absolute atomic E-state index is 0.109. The van der Waals surface area contributed by atoms with Crippen molar-refractivity contribution in [3.8, 4) is 11.3 Å². The Morgan fingerprint density at radius 3 is 2.61 bits per heavy atom. The number of fused-ring (bicyclic) bond motifs is 1. The second-order valence-electron chi connectivity index (χ2n) is 8.41. The molecule has 0 bridgehead atoms. The third kappa shape index (κ3) is 4.62. The minimum Gasteiger partial charge on any atom is -0.478 e. The molecule has 2 aromatic carbocycles. The maximum atomic E-state index is 13.7. The van der Waals surface area contributed by atoms with E-state index in [9.17, 15) is 19.5 Å². The molecule has 0 radical (unpaired) electrons. The Labute approximate surface area is 225 Å². The van der Waals surface area contributed by atoms with Crippen molar-refractivity contribution >= 4 is 41.0 Å². The molecule has 8 nitrogen and oxygen atoms in total. The van der Waals surface area contributed by atoms with Gasteiger partial charge in [-0.15, -0.1) is 0 Å². The molecule has 1 aliphatic heterocycles. The standard InChI is InChI=1S/C28H21ClN2O6S/c1-3-36-27(35)23-15(2)30-28-31(24(23)16-8-10-17(29)11-9-16)25(32)22(38-28)14-18-12-13-21(37-18)19-6-4-5-7-20(19)26(33)34/h4-14,24H,3H2,1-2H3,(H,33,34)/b22-14-/t24-/m1/s1. The maximum Gasteiger partial charge on any atom is 0.338 e. The smallest absolute Gasteiger partial charge is 0.338 e. The van der Waals surface area contributed by atoms with Crippen molar-refractivity contribution in [3.63, 3.8) is 0 Å². The molecule has 10 heteroatoms. The van der Waals surface area contributed by atoms with Crippen molar-refractivity contribution in [3.05, 3.63) is 114 Å². The first kappa shape index (κ1) is 25.4. The van der Waals surface area contributed by atoms with E-state index in [1.165, 1.54) is 10.6 Å². The van der Waals surface area contributed by atoms with Gasteiger partial charge in [0.25, 0.3) is 5.56 Å². The van der Waals surface area contributed by atoms with E-state index in [2.05, 4.69) is 4.99 Å². The van der Waals surface area contributed by atoms with Crippen LogP contribution in [0.5, 0.6) is 0 Å². The number of carbonyl (C=O) groups is 2. The summed E-state index contributed by atoms with van der Waals surface area (Å²) in [4.78, 5) is 43.2. The van der Waals surface area contributed by atoms with Crippen molar-refractivity contribution < 1.29 is 23.8 Å². The van der Waals surface area contributed by atoms with Gasteiger partial charge in [0.2, 0.25) is 0 Å². The monoisotopic (exact) mass is 548 g/mol. The lowest BCUT2D eigenvalue weighted by atomic mass is 9.96. The highest BCUT2D eigenvalue weighted by Crippen LogP contribution is 2.31. The number of furan rings is 1. The van der Waals surface area contributed by atoms with Crippen molar-refractivity contribution in [2.45, 2.75) is 19.9 Å². The molecule has 0 amide bonds. The van der Waals surface area contributed by atoms with E-state index in [0.717, 1.165) is 11.3 Å². The molecule has 38 heavy (non-hydrogen) atoms. The van der Waals surface area contributed by atoms with Crippen LogP contribution >= 0.6 is 22.9 Å². The molecular weight excluding hydrogens is 528 g/mol. The van der Waals surface area contributed by atoms with Crippen LogP contribution in [0.4, 0.5) is 0 Å². The molecule has 1 aliphatic rings. The van der Waals surface area contributed by atoms with Crippen molar-refractivity contribution in [1.29, 1.82) is 0 Å². The topological polar surface area (TPSA) is 111 Å². The highest BCUT2D eigenvalue weighted by molar-refractivity contribution is 7.07. The molecule has 0 aliphatic carbocycles. The molecule has 0 unspecified atom stereocenters. The number of ether oxygens (including phenoxy) is 1. The Kier molecular flexibility index (Phi) is 6.88. The van der Waals surface area contributed by atoms with Gasteiger partial charge >= 0.3 is 11.9 Å². The number of carbonyl (C=O) groups excluding carboxylic acids is 1. The number of rotatable bonds is 6. The van der Waals surface area contributed by atoms with Crippen LogP contribution in [0.2, 0.25) is 5.02 Å². The quantitative estimate of drug-likeness (QED) is 0.357. The summed E-state index contributed by atoms with van der Waals surface area (Å²) in [5.41, 5.74) is 1.61. The fraction of sp³-hybridized carbons (Fsp3) is 0.143. The molecule has 0 saturated heterocycles. The summed E-state index contributed by atoms with van der Waals surface area (Å²) in [5, 5.41) is 10.0. The Hall–Kier alpha value is -4.21. The average Bonchev–Trinajstić information content (AvgIpc) is 3.48. The molecule has 5 rings (SSSR count). The van der Waals surface area contributed by atoms with Gasteiger partial charge in [0.1, 0.15) is 11.5 Å². The van der Waals surface area contributed by atoms with Gasteiger partial charge in [-0.3, -0.25) is 9.36 Å². The van der Waals surface area contributed by atoms with Gasteiger partial charge in [-0.2, -0.15) is 0 Å². The number of aromatic nitrogens is 1. The van der Waals surface area contributed by atoms with Crippen molar-refractivity contribution in [2.24, 2.45) is 4.99 Å². The van der Waals surface area contributed by atoms with E-state index < -0.39 is 18.0 Å². The van der Waals surface area contributed by atoms with Gasteiger partial charge in [-0.05, 0) is 49.7 Å². The number of nitrogens with zero attached hydrogens (tertiary/aromatic N) is 2. The van der Waals surface area contributed by atoms with Crippen LogP contribution < -0.4 is 14.9 Å². The summed E-state index contributed by atoms with van der Waals surface area (Å²) in [5.74, 6) is -0.881. The van der Waals surface area contributed by atoms with Gasteiger partial charge in [0, 0.05) is 16.7 Å². The Morgan fingerprint density at radius 2 is 1.89 bits per heavy atom. The largest absolute Gasteiger partial charge is 0.478 e. The van der Waals surface area contributed by atoms with Crippen LogP contribution in [0.3, 0.4) is 0 Å². The lowest BCUT2D eigenvalue weighted by molar-refractivity contribution is -0.139.